The summed E-state index contributed by atoms with van der Waals surface area (Å²) in [5.41, 5.74) is 2.75. The summed E-state index contributed by atoms with van der Waals surface area (Å²) >= 11 is 8.24. The Morgan fingerprint density at radius 2 is 1.64 bits per heavy atom. The molecule has 0 atom stereocenters. The zero-order chi connectivity index (χ0) is 19.5. The lowest BCUT2D eigenvalue weighted by molar-refractivity contribution is 0.153. The van der Waals surface area contributed by atoms with Crippen LogP contribution in [0.4, 0.5) is 0 Å². The van der Waals surface area contributed by atoms with Crippen molar-refractivity contribution in [2.75, 3.05) is 39.8 Å². The third-order valence-electron chi connectivity index (χ3n) is 5.69. The standard InChI is InChI=1S/C23H28ClN3S/c1-25-14-16-27(17-15-25)13-7-9-19-18-8-3-5-11-21(18)26(2)23(19)28-22-12-6-4-10-20(22)24/h3-6,8,10-12H,7,9,13-17H2,1-2H3. The van der Waals surface area contributed by atoms with Gasteiger partial charge in [0.2, 0.25) is 0 Å². The van der Waals surface area contributed by atoms with Crippen LogP contribution >= 0.6 is 23.4 Å². The number of fused-ring (bicyclic) bond motifs is 1. The number of nitrogens with zero attached hydrogens (tertiary/aromatic N) is 3. The summed E-state index contributed by atoms with van der Waals surface area (Å²) in [5.74, 6) is 0. The highest BCUT2D eigenvalue weighted by molar-refractivity contribution is 7.99. The van der Waals surface area contributed by atoms with Gasteiger partial charge in [-0.3, -0.25) is 0 Å². The average molecular weight is 414 g/mol. The second kappa shape index (κ2) is 8.91. The largest absolute Gasteiger partial charge is 0.338 e. The van der Waals surface area contributed by atoms with Crippen LogP contribution in [-0.4, -0.2) is 54.1 Å². The van der Waals surface area contributed by atoms with E-state index >= 15 is 0 Å². The highest BCUT2D eigenvalue weighted by Crippen LogP contribution is 2.39. The van der Waals surface area contributed by atoms with Gasteiger partial charge in [0.1, 0.15) is 0 Å². The minimum Gasteiger partial charge on any atom is -0.338 e. The third-order valence-corrected chi connectivity index (χ3v) is 7.42. The van der Waals surface area contributed by atoms with E-state index in [1.807, 2.05) is 12.1 Å². The molecule has 0 saturated carbocycles. The first-order valence-electron chi connectivity index (χ1n) is 10.0. The lowest BCUT2D eigenvalue weighted by atomic mass is 10.1. The van der Waals surface area contributed by atoms with E-state index < -0.39 is 0 Å². The predicted octanol–water partition coefficient (Wildman–Crippen LogP) is 5.16. The number of piperazine rings is 1. The Kier molecular flexibility index (Phi) is 6.32. The number of aryl methyl sites for hydroxylation is 2. The van der Waals surface area contributed by atoms with Crippen molar-refractivity contribution in [1.29, 1.82) is 0 Å². The Balaban J connectivity index is 1.56. The molecule has 0 radical (unpaired) electrons. The SMILES string of the molecule is CN1CCN(CCCc2c(Sc3ccccc3Cl)n(C)c3ccccc23)CC1. The van der Waals surface area contributed by atoms with Gasteiger partial charge < -0.3 is 14.4 Å². The molecule has 2 aromatic carbocycles. The molecule has 0 aliphatic carbocycles. The number of benzene rings is 2. The fourth-order valence-electron chi connectivity index (χ4n) is 4.00. The van der Waals surface area contributed by atoms with E-state index in [0.29, 0.717) is 0 Å². The zero-order valence-corrected chi connectivity index (χ0v) is 18.3. The summed E-state index contributed by atoms with van der Waals surface area (Å²) in [6.07, 6.45) is 2.29. The van der Waals surface area contributed by atoms with Gasteiger partial charge >= 0.3 is 0 Å². The van der Waals surface area contributed by atoms with Crippen molar-refractivity contribution >= 4 is 34.3 Å². The molecule has 3 nitrogen and oxygen atoms in total. The minimum atomic E-state index is 0.821. The van der Waals surface area contributed by atoms with Crippen molar-refractivity contribution in [3.63, 3.8) is 0 Å². The van der Waals surface area contributed by atoms with Crippen molar-refractivity contribution < 1.29 is 0 Å². The molecule has 148 valence electrons. The fraction of sp³-hybridized carbons (Fsp3) is 0.391. The summed E-state index contributed by atoms with van der Waals surface area (Å²) in [7, 11) is 4.39. The molecule has 0 amide bonds. The number of para-hydroxylation sites is 1. The van der Waals surface area contributed by atoms with Crippen LogP contribution in [0.25, 0.3) is 10.9 Å². The van der Waals surface area contributed by atoms with E-state index in [4.69, 9.17) is 11.6 Å². The van der Waals surface area contributed by atoms with Gasteiger partial charge in [-0.05, 0) is 50.2 Å². The lowest BCUT2D eigenvalue weighted by Gasteiger charge is -2.32. The molecule has 0 unspecified atom stereocenters. The molecular formula is C23H28ClN3S. The van der Waals surface area contributed by atoms with Crippen molar-refractivity contribution in [1.82, 2.24) is 14.4 Å². The van der Waals surface area contributed by atoms with Crippen LogP contribution in [0.1, 0.15) is 12.0 Å². The number of halogens is 1. The average Bonchev–Trinajstić information content (AvgIpc) is 2.97. The highest BCUT2D eigenvalue weighted by Gasteiger charge is 2.18. The Morgan fingerprint density at radius 1 is 0.929 bits per heavy atom. The van der Waals surface area contributed by atoms with E-state index in [0.717, 1.165) is 16.3 Å². The van der Waals surface area contributed by atoms with Crippen LogP contribution < -0.4 is 0 Å². The first-order chi connectivity index (χ1) is 13.6. The zero-order valence-electron chi connectivity index (χ0n) is 16.7. The van der Waals surface area contributed by atoms with Crippen molar-refractivity contribution in [3.8, 4) is 0 Å². The molecule has 5 heteroatoms. The Labute approximate surface area is 177 Å². The van der Waals surface area contributed by atoms with Crippen molar-refractivity contribution in [2.45, 2.75) is 22.8 Å². The topological polar surface area (TPSA) is 11.4 Å². The first-order valence-corrected chi connectivity index (χ1v) is 11.2. The molecule has 3 aromatic rings. The quantitative estimate of drug-likeness (QED) is 0.553. The highest BCUT2D eigenvalue weighted by atomic mass is 35.5. The molecule has 0 bridgehead atoms. The molecule has 0 N–H and O–H groups in total. The third kappa shape index (κ3) is 4.25. The van der Waals surface area contributed by atoms with Gasteiger partial charge in [-0.1, -0.05) is 53.7 Å². The second-order valence-electron chi connectivity index (χ2n) is 7.64. The van der Waals surface area contributed by atoms with Crippen LogP contribution in [0.15, 0.2) is 58.5 Å². The van der Waals surface area contributed by atoms with Gasteiger partial charge in [-0.15, -0.1) is 0 Å². The molecule has 1 aromatic heterocycles. The summed E-state index contributed by atoms with van der Waals surface area (Å²) in [5, 5.41) is 3.51. The number of rotatable bonds is 6. The van der Waals surface area contributed by atoms with Gasteiger partial charge in [0.05, 0.1) is 10.0 Å². The second-order valence-corrected chi connectivity index (χ2v) is 9.08. The Hall–Kier alpha value is -1.46. The Bertz CT molecular complexity index is 944. The Morgan fingerprint density at radius 3 is 2.43 bits per heavy atom. The normalized spacial score (nSPS) is 16.1. The van der Waals surface area contributed by atoms with Gasteiger partial charge in [0.15, 0.2) is 0 Å². The summed E-state index contributed by atoms with van der Waals surface area (Å²) in [6, 6.07) is 16.9. The maximum Gasteiger partial charge on any atom is 0.0837 e. The lowest BCUT2D eigenvalue weighted by Crippen LogP contribution is -2.44. The van der Waals surface area contributed by atoms with Gasteiger partial charge in [0.25, 0.3) is 0 Å². The maximum absolute atomic E-state index is 6.45. The predicted molar refractivity (Wildman–Crippen MR) is 121 cm³/mol. The number of hydrogen-bond acceptors (Lipinski definition) is 3. The molecule has 2 heterocycles. The van der Waals surface area contributed by atoms with Crippen LogP contribution in [0, 0.1) is 0 Å². The number of likely N-dealkylation sites (N-methyl/N-ethyl adjacent to an activating group) is 1. The van der Waals surface area contributed by atoms with E-state index in [1.165, 1.54) is 60.6 Å². The molecule has 1 aliphatic heterocycles. The van der Waals surface area contributed by atoms with Crippen LogP contribution in [0.3, 0.4) is 0 Å². The van der Waals surface area contributed by atoms with Crippen LogP contribution in [-0.2, 0) is 13.5 Å². The smallest absolute Gasteiger partial charge is 0.0837 e. The fourth-order valence-corrected chi connectivity index (χ4v) is 5.35. The minimum absolute atomic E-state index is 0.821. The molecule has 1 saturated heterocycles. The molecule has 28 heavy (non-hydrogen) atoms. The summed E-state index contributed by atoms with van der Waals surface area (Å²) in [4.78, 5) is 6.14. The summed E-state index contributed by atoms with van der Waals surface area (Å²) < 4.78 is 2.33. The van der Waals surface area contributed by atoms with Crippen molar-refractivity contribution in [3.05, 3.63) is 59.1 Å². The van der Waals surface area contributed by atoms with Gasteiger partial charge in [0, 0.05) is 49.0 Å². The summed E-state index contributed by atoms with van der Waals surface area (Å²) in [6.45, 7) is 5.91. The van der Waals surface area contributed by atoms with E-state index in [9.17, 15) is 0 Å². The first kappa shape index (κ1) is 19.8. The van der Waals surface area contributed by atoms with E-state index in [2.05, 4.69) is 64.9 Å². The monoisotopic (exact) mass is 413 g/mol. The number of aromatic nitrogens is 1. The molecule has 1 fully saturated rings. The molecule has 0 spiro atoms. The van der Waals surface area contributed by atoms with Crippen LogP contribution in [0.2, 0.25) is 5.02 Å². The molecule has 4 rings (SSSR count). The van der Waals surface area contributed by atoms with Gasteiger partial charge in [-0.2, -0.15) is 0 Å². The van der Waals surface area contributed by atoms with Crippen LogP contribution in [0.5, 0.6) is 0 Å². The van der Waals surface area contributed by atoms with Gasteiger partial charge in [-0.25, -0.2) is 0 Å². The number of hydrogen-bond donors (Lipinski definition) is 0. The van der Waals surface area contributed by atoms with E-state index in [-0.39, 0.29) is 0 Å². The van der Waals surface area contributed by atoms with Crippen molar-refractivity contribution in [2.24, 2.45) is 7.05 Å². The molecular weight excluding hydrogens is 386 g/mol. The maximum atomic E-state index is 6.45. The van der Waals surface area contributed by atoms with E-state index in [1.54, 1.807) is 11.8 Å². The molecule has 1 aliphatic rings.